The number of carbonyl (C=O) groups excluding carboxylic acids is 1. The molecule has 0 spiro atoms. The Hall–Kier alpha value is -2.44. The first kappa shape index (κ1) is 11.6. The lowest BCUT2D eigenvalue weighted by Crippen LogP contribution is -2.20. The lowest BCUT2D eigenvalue weighted by atomic mass is 10.1. The smallest absolute Gasteiger partial charge is 0.306 e. The second kappa shape index (κ2) is 5.05. The predicted molar refractivity (Wildman–Crippen MR) is 69.8 cm³/mol. The standard InChI is InChI=1S/C12H14N6O/c19-12(15-9-4-5-13-14-8-9)16-11-7-10-3-1-2-6-18(10)17-11/h4-5,7-8H,1-3,6H2,(H2,13,15,16,17,19). The Labute approximate surface area is 110 Å². The summed E-state index contributed by atoms with van der Waals surface area (Å²) in [6.45, 7) is 0.924. The van der Waals surface area contributed by atoms with Crippen LogP contribution in [0.2, 0.25) is 0 Å². The van der Waals surface area contributed by atoms with Crippen LogP contribution >= 0.6 is 0 Å². The molecule has 3 rings (SSSR count). The van der Waals surface area contributed by atoms with Crippen molar-refractivity contribution in [3.8, 4) is 0 Å². The van der Waals surface area contributed by atoms with Crippen LogP contribution in [-0.4, -0.2) is 26.0 Å². The van der Waals surface area contributed by atoms with Crippen molar-refractivity contribution in [3.63, 3.8) is 0 Å². The number of amides is 2. The first-order chi connectivity index (χ1) is 9.31. The minimum atomic E-state index is -0.330. The molecule has 0 unspecified atom stereocenters. The number of hydrogen-bond donors (Lipinski definition) is 2. The summed E-state index contributed by atoms with van der Waals surface area (Å²) in [7, 11) is 0. The number of hydrogen-bond acceptors (Lipinski definition) is 4. The molecule has 0 fully saturated rings. The lowest BCUT2D eigenvalue weighted by molar-refractivity contribution is 0.262. The highest BCUT2D eigenvalue weighted by atomic mass is 16.2. The van der Waals surface area contributed by atoms with Crippen LogP contribution in [0.1, 0.15) is 18.5 Å². The first-order valence-corrected chi connectivity index (χ1v) is 6.23. The van der Waals surface area contributed by atoms with Gasteiger partial charge in [-0.25, -0.2) is 4.79 Å². The molecule has 0 atom stereocenters. The number of fused-ring (bicyclic) bond motifs is 1. The summed E-state index contributed by atoms with van der Waals surface area (Å²) in [5, 5.41) is 17.1. The van der Waals surface area contributed by atoms with Crippen molar-refractivity contribution in [3.05, 3.63) is 30.2 Å². The Bertz CT molecular complexity index is 556. The van der Waals surface area contributed by atoms with Gasteiger partial charge in [0, 0.05) is 18.3 Å². The molecule has 19 heavy (non-hydrogen) atoms. The van der Waals surface area contributed by atoms with E-state index in [9.17, 15) is 4.79 Å². The van der Waals surface area contributed by atoms with Gasteiger partial charge in [0.2, 0.25) is 0 Å². The van der Waals surface area contributed by atoms with Gasteiger partial charge in [-0.3, -0.25) is 10.00 Å². The molecular formula is C12H14N6O. The van der Waals surface area contributed by atoms with Gasteiger partial charge < -0.3 is 5.32 Å². The Kier molecular flexibility index (Phi) is 3.09. The van der Waals surface area contributed by atoms with Crippen molar-refractivity contribution in [2.45, 2.75) is 25.8 Å². The second-order valence-electron chi connectivity index (χ2n) is 4.41. The largest absolute Gasteiger partial charge is 0.324 e. The molecule has 2 aromatic heterocycles. The molecular weight excluding hydrogens is 244 g/mol. The average Bonchev–Trinajstić information content (AvgIpc) is 2.81. The highest BCUT2D eigenvalue weighted by Crippen LogP contribution is 2.17. The number of nitrogens with zero attached hydrogens (tertiary/aromatic N) is 4. The zero-order valence-corrected chi connectivity index (χ0v) is 10.3. The van der Waals surface area contributed by atoms with Crippen LogP contribution in [-0.2, 0) is 13.0 Å². The third-order valence-electron chi connectivity index (χ3n) is 3.00. The topological polar surface area (TPSA) is 84.7 Å². The summed E-state index contributed by atoms with van der Waals surface area (Å²) in [5.74, 6) is 0.580. The number of carbonyl (C=O) groups is 1. The van der Waals surface area contributed by atoms with Crippen LogP contribution in [0.5, 0.6) is 0 Å². The van der Waals surface area contributed by atoms with Crippen LogP contribution < -0.4 is 10.6 Å². The molecule has 7 nitrogen and oxygen atoms in total. The van der Waals surface area contributed by atoms with E-state index in [1.165, 1.54) is 24.5 Å². The van der Waals surface area contributed by atoms with Crippen molar-refractivity contribution in [1.29, 1.82) is 0 Å². The van der Waals surface area contributed by atoms with E-state index in [1.807, 2.05) is 10.7 Å². The second-order valence-corrected chi connectivity index (χ2v) is 4.41. The van der Waals surface area contributed by atoms with Gasteiger partial charge in [0.1, 0.15) is 0 Å². The zero-order chi connectivity index (χ0) is 13.1. The molecule has 3 heterocycles. The molecule has 0 radical (unpaired) electrons. The number of anilines is 2. The third-order valence-corrected chi connectivity index (χ3v) is 3.00. The molecule has 98 valence electrons. The zero-order valence-electron chi connectivity index (χ0n) is 10.3. The van der Waals surface area contributed by atoms with Crippen LogP contribution in [0.3, 0.4) is 0 Å². The van der Waals surface area contributed by atoms with Crippen LogP contribution in [0.4, 0.5) is 16.3 Å². The van der Waals surface area contributed by atoms with Crippen LogP contribution in [0, 0.1) is 0 Å². The molecule has 0 aromatic carbocycles. The fraction of sp³-hybridized carbons (Fsp3) is 0.333. The van der Waals surface area contributed by atoms with Crippen molar-refractivity contribution in [2.24, 2.45) is 0 Å². The van der Waals surface area contributed by atoms with E-state index >= 15 is 0 Å². The van der Waals surface area contributed by atoms with Gasteiger partial charge in [0.05, 0.1) is 18.1 Å². The van der Waals surface area contributed by atoms with E-state index in [1.54, 1.807) is 6.07 Å². The van der Waals surface area contributed by atoms with E-state index in [-0.39, 0.29) is 6.03 Å². The third kappa shape index (κ3) is 2.70. The normalized spacial score (nSPS) is 13.7. The molecule has 7 heteroatoms. The maximum Gasteiger partial charge on any atom is 0.324 e. The maximum absolute atomic E-state index is 11.8. The number of urea groups is 1. The molecule has 2 aromatic rings. The van der Waals surface area contributed by atoms with Crippen molar-refractivity contribution in [2.75, 3.05) is 10.6 Å². The summed E-state index contributed by atoms with van der Waals surface area (Å²) >= 11 is 0. The Balaban J connectivity index is 1.65. The highest BCUT2D eigenvalue weighted by molar-refractivity contribution is 5.98. The lowest BCUT2D eigenvalue weighted by Gasteiger charge is -2.11. The summed E-state index contributed by atoms with van der Waals surface area (Å²) in [5.41, 5.74) is 1.77. The van der Waals surface area contributed by atoms with Gasteiger partial charge in [0.15, 0.2) is 5.82 Å². The summed E-state index contributed by atoms with van der Waals surface area (Å²) in [6, 6.07) is 3.26. The molecule has 2 amide bonds. The number of aromatic nitrogens is 4. The van der Waals surface area contributed by atoms with Crippen molar-refractivity contribution in [1.82, 2.24) is 20.0 Å². The summed E-state index contributed by atoms with van der Waals surface area (Å²) in [4.78, 5) is 11.8. The van der Waals surface area contributed by atoms with E-state index in [0.717, 1.165) is 19.4 Å². The molecule has 0 saturated carbocycles. The number of rotatable bonds is 2. The van der Waals surface area contributed by atoms with Crippen molar-refractivity contribution >= 4 is 17.5 Å². The Morgan fingerprint density at radius 3 is 3.00 bits per heavy atom. The summed E-state index contributed by atoms with van der Waals surface area (Å²) < 4.78 is 1.95. The number of nitrogens with one attached hydrogen (secondary N) is 2. The Morgan fingerprint density at radius 2 is 2.21 bits per heavy atom. The maximum atomic E-state index is 11.8. The van der Waals surface area contributed by atoms with Gasteiger partial charge in [-0.2, -0.15) is 15.3 Å². The molecule has 2 N–H and O–H groups in total. The quantitative estimate of drug-likeness (QED) is 0.857. The van der Waals surface area contributed by atoms with Gasteiger partial charge in [0.25, 0.3) is 0 Å². The van der Waals surface area contributed by atoms with E-state index in [4.69, 9.17) is 0 Å². The summed E-state index contributed by atoms with van der Waals surface area (Å²) in [6.07, 6.45) is 6.34. The fourth-order valence-electron chi connectivity index (χ4n) is 2.12. The molecule has 1 aliphatic heterocycles. The fourth-order valence-corrected chi connectivity index (χ4v) is 2.12. The minimum Gasteiger partial charge on any atom is -0.306 e. The van der Waals surface area contributed by atoms with Gasteiger partial charge in [-0.05, 0) is 25.3 Å². The van der Waals surface area contributed by atoms with Gasteiger partial charge in [-0.1, -0.05) is 0 Å². The molecule has 0 bridgehead atoms. The minimum absolute atomic E-state index is 0.330. The Morgan fingerprint density at radius 1 is 1.26 bits per heavy atom. The van der Waals surface area contributed by atoms with Crippen LogP contribution in [0.25, 0.3) is 0 Å². The molecule has 0 aliphatic carbocycles. The highest BCUT2D eigenvalue weighted by Gasteiger charge is 2.13. The van der Waals surface area contributed by atoms with Gasteiger partial charge in [-0.15, -0.1) is 0 Å². The van der Waals surface area contributed by atoms with Gasteiger partial charge >= 0.3 is 6.03 Å². The van der Waals surface area contributed by atoms with E-state index in [0.29, 0.717) is 11.5 Å². The molecule has 1 aliphatic rings. The number of aryl methyl sites for hydroxylation is 2. The van der Waals surface area contributed by atoms with Crippen molar-refractivity contribution < 1.29 is 4.79 Å². The van der Waals surface area contributed by atoms with Crippen LogP contribution in [0.15, 0.2) is 24.5 Å². The van der Waals surface area contributed by atoms with E-state index < -0.39 is 0 Å². The SMILES string of the molecule is O=C(Nc1ccnnc1)Nc1cc2n(n1)CCCC2. The molecule has 0 saturated heterocycles. The monoisotopic (exact) mass is 258 g/mol. The average molecular weight is 258 g/mol. The predicted octanol–water partition coefficient (Wildman–Crippen LogP) is 1.65. The van der Waals surface area contributed by atoms with E-state index in [2.05, 4.69) is 25.9 Å². The first-order valence-electron chi connectivity index (χ1n) is 6.23.